The summed E-state index contributed by atoms with van der Waals surface area (Å²) in [5, 5.41) is 9.64. The number of fused-ring (bicyclic) bond motifs is 1. The van der Waals surface area contributed by atoms with E-state index in [-0.39, 0.29) is 0 Å². The molecule has 2 nitrogen and oxygen atoms in total. The van der Waals surface area contributed by atoms with Gasteiger partial charge in [-0.1, -0.05) is 19.9 Å². The lowest BCUT2D eigenvalue weighted by molar-refractivity contribution is 0.206. The van der Waals surface area contributed by atoms with E-state index in [1.54, 1.807) is 0 Å². The zero-order chi connectivity index (χ0) is 13.4. The Labute approximate surface area is 116 Å². The van der Waals surface area contributed by atoms with Gasteiger partial charge in [-0.05, 0) is 67.3 Å². The van der Waals surface area contributed by atoms with Crippen LogP contribution in [-0.2, 0) is 6.42 Å². The van der Waals surface area contributed by atoms with Gasteiger partial charge in [-0.2, -0.15) is 0 Å². The third kappa shape index (κ3) is 2.51. The van der Waals surface area contributed by atoms with Crippen LogP contribution in [-0.4, -0.2) is 23.1 Å². The van der Waals surface area contributed by atoms with Gasteiger partial charge in [0, 0.05) is 12.6 Å². The highest BCUT2D eigenvalue weighted by atomic mass is 16.3. The average molecular weight is 259 g/mol. The highest BCUT2D eigenvalue weighted by Crippen LogP contribution is 2.39. The monoisotopic (exact) mass is 259 g/mol. The van der Waals surface area contributed by atoms with Crippen LogP contribution < -0.4 is 0 Å². The molecule has 2 heteroatoms. The molecular weight excluding hydrogens is 234 g/mol. The minimum Gasteiger partial charge on any atom is -0.508 e. The third-order valence-electron chi connectivity index (χ3n) is 5.05. The molecule has 2 aliphatic rings. The summed E-state index contributed by atoms with van der Waals surface area (Å²) >= 11 is 0. The first-order valence-corrected chi connectivity index (χ1v) is 7.71. The minimum atomic E-state index is 0.417. The van der Waals surface area contributed by atoms with Crippen LogP contribution in [0.5, 0.6) is 5.75 Å². The number of phenolic OH excluding ortho intramolecular Hbond substituents is 1. The predicted molar refractivity (Wildman–Crippen MR) is 78.3 cm³/mol. The fourth-order valence-corrected chi connectivity index (χ4v) is 3.80. The van der Waals surface area contributed by atoms with Gasteiger partial charge in [0.15, 0.2) is 0 Å². The molecule has 1 saturated heterocycles. The van der Waals surface area contributed by atoms with Gasteiger partial charge < -0.3 is 5.11 Å². The molecule has 1 fully saturated rings. The van der Waals surface area contributed by atoms with E-state index in [1.165, 1.54) is 43.5 Å². The van der Waals surface area contributed by atoms with Crippen molar-refractivity contribution in [1.82, 2.24) is 4.90 Å². The molecule has 1 aliphatic carbocycles. The number of aromatic hydroxyl groups is 1. The number of hydrogen-bond acceptors (Lipinski definition) is 2. The summed E-state index contributed by atoms with van der Waals surface area (Å²) in [6.07, 6.45) is 5.01. The average Bonchev–Trinajstić information content (AvgIpc) is 2.87. The van der Waals surface area contributed by atoms with Gasteiger partial charge in [-0.3, -0.25) is 4.90 Å². The van der Waals surface area contributed by atoms with Gasteiger partial charge in [-0.15, -0.1) is 0 Å². The van der Waals surface area contributed by atoms with E-state index < -0.39 is 0 Å². The van der Waals surface area contributed by atoms with Crippen molar-refractivity contribution in [3.63, 3.8) is 0 Å². The molecule has 1 aromatic carbocycles. The lowest BCUT2D eigenvalue weighted by Gasteiger charge is -2.33. The van der Waals surface area contributed by atoms with Crippen LogP contribution in [0.2, 0.25) is 0 Å². The maximum Gasteiger partial charge on any atom is 0.115 e. The molecule has 0 saturated carbocycles. The van der Waals surface area contributed by atoms with E-state index in [4.69, 9.17) is 0 Å². The zero-order valence-corrected chi connectivity index (χ0v) is 12.1. The Bertz CT molecular complexity index is 455. The second-order valence-electron chi connectivity index (χ2n) is 6.58. The van der Waals surface area contributed by atoms with Crippen LogP contribution in [0.15, 0.2) is 18.2 Å². The maximum atomic E-state index is 9.64. The first kappa shape index (κ1) is 13.0. The molecule has 2 unspecified atom stereocenters. The summed E-state index contributed by atoms with van der Waals surface area (Å²) in [6, 6.07) is 6.56. The van der Waals surface area contributed by atoms with Crippen molar-refractivity contribution < 1.29 is 5.11 Å². The van der Waals surface area contributed by atoms with E-state index in [9.17, 15) is 5.11 Å². The quantitative estimate of drug-likeness (QED) is 0.874. The van der Waals surface area contributed by atoms with Gasteiger partial charge in [0.25, 0.3) is 0 Å². The number of hydrogen-bond donors (Lipinski definition) is 1. The molecule has 0 amide bonds. The number of likely N-dealkylation sites (tertiary alicyclic amines) is 1. The predicted octanol–water partition coefficient (Wildman–Crippen LogP) is 3.75. The van der Waals surface area contributed by atoms with Crippen molar-refractivity contribution in [2.24, 2.45) is 11.8 Å². The Kier molecular flexibility index (Phi) is 3.53. The summed E-state index contributed by atoms with van der Waals surface area (Å²) in [4.78, 5) is 2.68. The molecule has 2 atom stereocenters. The van der Waals surface area contributed by atoms with Crippen molar-refractivity contribution in [2.75, 3.05) is 13.1 Å². The van der Waals surface area contributed by atoms with Gasteiger partial charge >= 0.3 is 0 Å². The normalized spacial score (nSPS) is 27.7. The molecule has 1 heterocycles. The fourth-order valence-electron chi connectivity index (χ4n) is 3.80. The van der Waals surface area contributed by atoms with Crippen molar-refractivity contribution in [2.45, 2.75) is 45.6 Å². The molecule has 19 heavy (non-hydrogen) atoms. The first-order chi connectivity index (χ1) is 9.15. The molecule has 1 N–H and O–H groups in total. The minimum absolute atomic E-state index is 0.417. The summed E-state index contributed by atoms with van der Waals surface area (Å²) in [7, 11) is 0. The number of phenols is 1. The highest BCUT2D eigenvalue weighted by Gasteiger charge is 2.32. The van der Waals surface area contributed by atoms with Crippen LogP contribution >= 0.6 is 0 Å². The van der Waals surface area contributed by atoms with Gasteiger partial charge in [0.2, 0.25) is 0 Å². The molecule has 0 bridgehead atoms. The molecule has 3 rings (SSSR count). The Morgan fingerprint density at radius 3 is 2.84 bits per heavy atom. The number of nitrogens with zero attached hydrogens (tertiary/aromatic N) is 1. The summed E-state index contributed by atoms with van der Waals surface area (Å²) in [5.74, 6) is 2.08. The zero-order valence-electron chi connectivity index (χ0n) is 12.1. The Hall–Kier alpha value is -1.02. The van der Waals surface area contributed by atoms with Crippen LogP contribution in [0.3, 0.4) is 0 Å². The Balaban J connectivity index is 1.81. The van der Waals surface area contributed by atoms with E-state index in [1.807, 2.05) is 12.1 Å². The molecule has 0 radical (unpaired) electrons. The van der Waals surface area contributed by atoms with Crippen LogP contribution in [0.1, 0.15) is 50.3 Å². The van der Waals surface area contributed by atoms with Gasteiger partial charge in [-0.25, -0.2) is 0 Å². The first-order valence-electron chi connectivity index (χ1n) is 7.71. The summed E-state index contributed by atoms with van der Waals surface area (Å²) in [5.41, 5.74) is 2.83. The van der Waals surface area contributed by atoms with E-state index in [2.05, 4.69) is 24.8 Å². The lowest BCUT2D eigenvalue weighted by Crippen LogP contribution is -2.30. The van der Waals surface area contributed by atoms with E-state index in [0.717, 1.165) is 18.3 Å². The largest absolute Gasteiger partial charge is 0.508 e. The molecular formula is C17H25NO. The standard InChI is InChI=1S/C17H25NO/c1-12(2)14-8-9-18(11-14)17-5-3-4-13-10-15(19)6-7-16(13)17/h6-7,10,12,14,17,19H,3-5,8-9,11H2,1-2H3. The maximum absolute atomic E-state index is 9.64. The lowest BCUT2D eigenvalue weighted by atomic mass is 9.86. The smallest absolute Gasteiger partial charge is 0.115 e. The Morgan fingerprint density at radius 2 is 2.11 bits per heavy atom. The number of benzene rings is 1. The Morgan fingerprint density at radius 1 is 1.26 bits per heavy atom. The molecule has 104 valence electrons. The molecule has 1 aromatic rings. The van der Waals surface area contributed by atoms with E-state index in [0.29, 0.717) is 11.8 Å². The topological polar surface area (TPSA) is 23.5 Å². The summed E-state index contributed by atoms with van der Waals surface area (Å²) < 4.78 is 0. The SMILES string of the molecule is CC(C)C1CCN(C2CCCc3cc(O)ccc32)C1. The van der Waals surface area contributed by atoms with Crippen molar-refractivity contribution in [1.29, 1.82) is 0 Å². The van der Waals surface area contributed by atoms with Gasteiger partial charge in [0.1, 0.15) is 5.75 Å². The highest BCUT2D eigenvalue weighted by molar-refractivity contribution is 5.38. The van der Waals surface area contributed by atoms with Gasteiger partial charge in [0.05, 0.1) is 0 Å². The second kappa shape index (κ2) is 5.16. The van der Waals surface area contributed by atoms with Crippen LogP contribution in [0, 0.1) is 11.8 Å². The number of aryl methyl sites for hydroxylation is 1. The van der Waals surface area contributed by atoms with E-state index >= 15 is 0 Å². The molecule has 0 aromatic heterocycles. The second-order valence-corrected chi connectivity index (χ2v) is 6.58. The van der Waals surface area contributed by atoms with Crippen molar-refractivity contribution in [3.8, 4) is 5.75 Å². The van der Waals surface area contributed by atoms with Crippen molar-refractivity contribution in [3.05, 3.63) is 29.3 Å². The van der Waals surface area contributed by atoms with Crippen LogP contribution in [0.4, 0.5) is 0 Å². The van der Waals surface area contributed by atoms with Crippen LogP contribution in [0.25, 0.3) is 0 Å². The summed E-state index contributed by atoms with van der Waals surface area (Å²) in [6.45, 7) is 7.19. The fraction of sp³-hybridized carbons (Fsp3) is 0.647. The number of rotatable bonds is 2. The molecule has 0 spiro atoms. The third-order valence-corrected chi connectivity index (χ3v) is 5.05. The molecule has 1 aliphatic heterocycles. The van der Waals surface area contributed by atoms with Crippen molar-refractivity contribution >= 4 is 0 Å².